The number of methoxy groups -OCH3 is 1. The normalized spacial score (nSPS) is 11.1. The Hall–Kier alpha value is -3.89. The number of nitrogens with zero attached hydrogens (tertiary/aromatic N) is 4. The summed E-state index contributed by atoms with van der Waals surface area (Å²) in [5.74, 6) is -1.08. The molecule has 2 aromatic carbocycles. The molecule has 4 rings (SSSR count). The lowest BCUT2D eigenvalue weighted by atomic mass is 10.1. The largest absolute Gasteiger partial charge is 0.497 e. The Bertz CT molecular complexity index is 1360. The molecule has 0 saturated heterocycles. The summed E-state index contributed by atoms with van der Waals surface area (Å²) < 4.78 is 34.4. The predicted octanol–water partition coefficient (Wildman–Crippen LogP) is 2.48. The predicted molar refractivity (Wildman–Crippen MR) is 119 cm³/mol. The van der Waals surface area contributed by atoms with Crippen molar-refractivity contribution in [1.82, 2.24) is 14.5 Å². The van der Waals surface area contributed by atoms with Crippen molar-refractivity contribution in [2.75, 3.05) is 31.9 Å². The van der Waals surface area contributed by atoms with E-state index >= 15 is 0 Å². The van der Waals surface area contributed by atoms with Crippen molar-refractivity contribution in [3.8, 4) is 22.7 Å². The van der Waals surface area contributed by atoms with Gasteiger partial charge in [-0.3, -0.25) is 9.36 Å². The molecule has 0 spiro atoms. The Labute approximate surface area is 187 Å². The van der Waals surface area contributed by atoms with Crippen LogP contribution in [0.25, 0.3) is 28.0 Å². The first-order valence-electron chi connectivity index (χ1n) is 9.97. The van der Waals surface area contributed by atoms with E-state index in [2.05, 4.69) is 9.97 Å². The molecule has 2 heterocycles. The average molecular weight is 454 g/mol. The smallest absolute Gasteiger partial charge is 0.256 e. The summed E-state index contributed by atoms with van der Waals surface area (Å²) in [5, 5.41) is 19.6. The van der Waals surface area contributed by atoms with Crippen LogP contribution in [0.1, 0.15) is 0 Å². The van der Waals surface area contributed by atoms with E-state index in [0.717, 1.165) is 16.7 Å². The van der Waals surface area contributed by atoms with Gasteiger partial charge in [-0.15, -0.1) is 0 Å². The summed E-state index contributed by atoms with van der Waals surface area (Å²) in [5.41, 5.74) is 0.340. The fourth-order valence-electron chi connectivity index (χ4n) is 3.46. The average Bonchev–Trinajstić information content (AvgIpc) is 2.82. The summed E-state index contributed by atoms with van der Waals surface area (Å²) in [4.78, 5) is 23.1. The van der Waals surface area contributed by atoms with Crippen molar-refractivity contribution < 1.29 is 23.7 Å². The molecular formula is C23H20F2N4O4. The molecule has 0 aliphatic carbocycles. The van der Waals surface area contributed by atoms with Crippen molar-refractivity contribution in [3.63, 3.8) is 0 Å². The SMILES string of the molecule is COc1ccc(-c2nc(N(CO)CCO)nc3c2ccc(=O)n3-c2ccc(F)cc2F)cc1. The Morgan fingerprint density at radius 3 is 2.42 bits per heavy atom. The number of hydrogen-bond donors (Lipinski definition) is 2. The Morgan fingerprint density at radius 1 is 1.03 bits per heavy atom. The van der Waals surface area contributed by atoms with Crippen LogP contribution in [0.5, 0.6) is 5.75 Å². The molecule has 8 nitrogen and oxygen atoms in total. The molecule has 2 N–H and O–H groups in total. The topological polar surface area (TPSA) is 101 Å². The summed E-state index contributed by atoms with van der Waals surface area (Å²) in [6.07, 6.45) is 0. The molecule has 10 heteroatoms. The van der Waals surface area contributed by atoms with Crippen molar-refractivity contribution >= 4 is 17.0 Å². The van der Waals surface area contributed by atoms with Gasteiger partial charge in [0.05, 0.1) is 25.1 Å². The van der Waals surface area contributed by atoms with Gasteiger partial charge in [-0.25, -0.2) is 13.8 Å². The molecule has 0 unspecified atom stereocenters. The molecule has 4 aromatic rings. The molecule has 0 aliphatic rings. The molecule has 0 saturated carbocycles. The Kier molecular flexibility index (Phi) is 6.29. The highest BCUT2D eigenvalue weighted by Gasteiger charge is 2.19. The second kappa shape index (κ2) is 9.31. The first-order chi connectivity index (χ1) is 16.0. The number of aliphatic hydroxyl groups excluding tert-OH is 2. The third-order valence-electron chi connectivity index (χ3n) is 5.08. The van der Waals surface area contributed by atoms with Crippen molar-refractivity contribution in [3.05, 3.63) is 76.6 Å². The van der Waals surface area contributed by atoms with E-state index in [9.17, 15) is 23.8 Å². The number of benzene rings is 2. The van der Waals surface area contributed by atoms with Crippen LogP contribution in [0.4, 0.5) is 14.7 Å². The van der Waals surface area contributed by atoms with Crippen molar-refractivity contribution in [2.45, 2.75) is 0 Å². The molecule has 0 radical (unpaired) electrons. The van der Waals surface area contributed by atoms with Crippen LogP contribution in [0, 0.1) is 11.6 Å². The molecule has 0 amide bonds. The zero-order chi connectivity index (χ0) is 23.5. The van der Waals surface area contributed by atoms with Gasteiger partial charge in [0, 0.05) is 29.6 Å². The van der Waals surface area contributed by atoms with Gasteiger partial charge in [0.2, 0.25) is 5.95 Å². The lowest BCUT2D eigenvalue weighted by Gasteiger charge is -2.21. The van der Waals surface area contributed by atoms with Gasteiger partial charge < -0.3 is 19.8 Å². The molecule has 0 atom stereocenters. The van der Waals surface area contributed by atoms with Crippen LogP contribution < -0.4 is 15.2 Å². The van der Waals surface area contributed by atoms with E-state index in [1.165, 1.54) is 24.1 Å². The van der Waals surface area contributed by atoms with Gasteiger partial charge in [0.25, 0.3) is 5.56 Å². The molecule has 0 fully saturated rings. The number of anilines is 1. The van der Waals surface area contributed by atoms with E-state index in [-0.39, 0.29) is 30.4 Å². The van der Waals surface area contributed by atoms with Crippen molar-refractivity contribution in [1.29, 1.82) is 0 Å². The summed E-state index contributed by atoms with van der Waals surface area (Å²) in [6.45, 7) is -0.768. The van der Waals surface area contributed by atoms with Gasteiger partial charge >= 0.3 is 0 Å². The lowest BCUT2D eigenvalue weighted by molar-refractivity contribution is 0.256. The second-order valence-corrected chi connectivity index (χ2v) is 7.07. The third kappa shape index (κ3) is 4.26. The second-order valence-electron chi connectivity index (χ2n) is 7.07. The third-order valence-corrected chi connectivity index (χ3v) is 5.08. The molecule has 170 valence electrons. The van der Waals surface area contributed by atoms with Crippen LogP contribution >= 0.6 is 0 Å². The van der Waals surface area contributed by atoms with Gasteiger partial charge in [-0.05, 0) is 42.5 Å². The van der Waals surface area contributed by atoms with Crippen molar-refractivity contribution in [2.24, 2.45) is 0 Å². The maximum absolute atomic E-state index is 14.7. The van der Waals surface area contributed by atoms with E-state index in [1.54, 1.807) is 24.3 Å². The fourth-order valence-corrected chi connectivity index (χ4v) is 3.46. The maximum Gasteiger partial charge on any atom is 0.256 e. The minimum absolute atomic E-state index is 0.0199. The van der Waals surface area contributed by atoms with Crippen LogP contribution in [0.15, 0.2) is 59.4 Å². The summed E-state index contributed by atoms with van der Waals surface area (Å²) in [6, 6.07) is 12.6. The first-order valence-corrected chi connectivity index (χ1v) is 9.97. The number of hydrogen-bond acceptors (Lipinski definition) is 7. The van der Waals surface area contributed by atoms with Crippen LogP contribution in [0.2, 0.25) is 0 Å². The highest BCUT2D eigenvalue weighted by atomic mass is 19.1. The van der Waals surface area contributed by atoms with Crippen LogP contribution in [-0.4, -0.2) is 51.7 Å². The van der Waals surface area contributed by atoms with E-state index in [1.807, 2.05) is 0 Å². The number of ether oxygens (including phenoxy) is 1. The minimum Gasteiger partial charge on any atom is -0.497 e. The van der Waals surface area contributed by atoms with Crippen LogP contribution in [0.3, 0.4) is 0 Å². The van der Waals surface area contributed by atoms with Gasteiger partial charge in [0.1, 0.15) is 24.1 Å². The molecule has 0 bridgehead atoms. The van der Waals surface area contributed by atoms with E-state index in [0.29, 0.717) is 28.5 Å². The maximum atomic E-state index is 14.7. The van der Waals surface area contributed by atoms with Gasteiger partial charge in [-0.2, -0.15) is 4.98 Å². The zero-order valence-electron chi connectivity index (χ0n) is 17.6. The van der Waals surface area contributed by atoms with Gasteiger partial charge in [-0.1, -0.05) is 0 Å². The molecule has 2 aromatic heterocycles. The standard InChI is InChI=1S/C23H20F2N4O4/c1-33-16-5-2-14(3-6-16)21-17-7-9-20(32)29(19-8-4-15(24)12-18(19)25)22(17)27-23(26-21)28(13-31)10-11-30/h2-9,12,30-31H,10-11,13H2,1H3. The summed E-state index contributed by atoms with van der Waals surface area (Å²) >= 11 is 0. The Morgan fingerprint density at radius 2 is 1.79 bits per heavy atom. The number of aromatic nitrogens is 3. The minimum atomic E-state index is -0.940. The Balaban J connectivity index is 2.07. The first kappa shape index (κ1) is 22.3. The number of aliphatic hydroxyl groups is 2. The lowest BCUT2D eigenvalue weighted by Crippen LogP contribution is -2.30. The number of halogens is 2. The molecular weight excluding hydrogens is 434 g/mol. The van der Waals surface area contributed by atoms with E-state index < -0.39 is 23.9 Å². The molecule has 0 aliphatic heterocycles. The number of pyridine rings is 1. The summed E-state index contributed by atoms with van der Waals surface area (Å²) in [7, 11) is 1.54. The zero-order valence-corrected chi connectivity index (χ0v) is 17.6. The quantitative estimate of drug-likeness (QED) is 0.414. The highest BCUT2D eigenvalue weighted by molar-refractivity contribution is 5.92. The molecule has 33 heavy (non-hydrogen) atoms. The van der Waals surface area contributed by atoms with Crippen LogP contribution in [-0.2, 0) is 0 Å². The monoisotopic (exact) mass is 454 g/mol. The number of rotatable bonds is 7. The van der Waals surface area contributed by atoms with Gasteiger partial charge in [0.15, 0.2) is 5.65 Å². The van der Waals surface area contributed by atoms with E-state index in [4.69, 9.17) is 4.74 Å². The fraction of sp³-hybridized carbons (Fsp3) is 0.174. The highest BCUT2D eigenvalue weighted by Crippen LogP contribution is 2.30. The number of fused-ring (bicyclic) bond motifs is 1.